The fourth-order valence-electron chi connectivity index (χ4n) is 0.906. The molecule has 1 unspecified atom stereocenters. The number of terminal acetylenes is 1. The SMILES string of the molecule is C#CC(O)CNC/C(=C/C)CC=C.C=C. The summed E-state index contributed by atoms with van der Waals surface area (Å²) >= 11 is 0. The molecule has 0 aliphatic carbocycles. The summed E-state index contributed by atoms with van der Waals surface area (Å²) in [5.41, 5.74) is 1.25. The van der Waals surface area contributed by atoms with Crippen molar-refractivity contribution in [1.82, 2.24) is 5.32 Å². The van der Waals surface area contributed by atoms with E-state index >= 15 is 0 Å². The second-order valence-corrected chi connectivity index (χ2v) is 2.75. The van der Waals surface area contributed by atoms with Crippen LogP contribution < -0.4 is 5.32 Å². The Labute approximate surface area is 93.4 Å². The van der Waals surface area contributed by atoms with Gasteiger partial charge in [-0.3, -0.25) is 0 Å². The lowest BCUT2D eigenvalue weighted by molar-refractivity contribution is 0.229. The van der Waals surface area contributed by atoms with Gasteiger partial charge in [-0.2, -0.15) is 0 Å². The summed E-state index contributed by atoms with van der Waals surface area (Å²) in [5, 5.41) is 12.1. The van der Waals surface area contributed by atoms with Gasteiger partial charge in [-0.05, 0) is 13.3 Å². The van der Waals surface area contributed by atoms with Crippen molar-refractivity contribution in [1.29, 1.82) is 0 Å². The van der Waals surface area contributed by atoms with Gasteiger partial charge in [-0.25, -0.2) is 0 Å². The van der Waals surface area contributed by atoms with E-state index in [0.29, 0.717) is 6.54 Å². The van der Waals surface area contributed by atoms with Crippen LogP contribution >= 0.6 is 0 Å². The number of hydrogen-bond donors (Lipinski definition) is 2. The second-order valence-electron chi connectivity index (χ2n) is 2.75. The average molecular weight is 207 g/mol. The van der Waals surface area contributed by atoms with Gasteiger partial charge in [0.1, 0.15) is 6.10 Å². The first-order valence-electron chi connectivity index (χ1n) is 4.84. The van der Waals surface area contributed by atoms with Crippen LogP contribution in [0.15, 0.2) is 37.5 Å². The second kappa shape index (κ2) is 12.7. The van der Waals surface area contributed by atoms with Gasteiger partial charge in [0.25, 0.3) is 0 Å². The molecule has 0 aliphatic heterocycles. The molecule has 0 spiro atoms. The summed E-state index contributed by atoms with van der Waals surface area (Å²) in [7, 11) is 0. The molecule has 0 aromatic rings. The molecule has 2 heteroatoms. The summed E-state index contributed by atoms with van der Waals surface area (Å²) in [4.78, 5) is 0. The molecule has 2 nitrogen and oxygen atoms in total. The van der Waals surface area contributed by atoms with E-state index in [1.165, 1.54) is 5.57 Å². The number of allylic oxidation sites excluding steroid dienone is 2. The van der Waals surface area contributed by atoms with Crippen molar-refractivity contribution in [3.05, 3.63) is 37.5 Å². The maximum Gasteiger partial charge on any atom is 0.126 e. The molecule has 0 heterocycles. The first-order chi connectivity index (χ1) is 7.24. The van der Waals surface area contributed by atoms with Crippen LogP contribution in [0.2, 0.25) is 0 Å². The number of aliphatic hydroxyl groups is 1. The summed E-state index contributed by atoms with van der Waals surface area (Å²) in [6, 6.07) is 0. The number of hydrogen-bond acceptors (Lipinski definition) is 2. The van der Waals surface area contributed by atoms with Gasteiger partial charge >= 0.3 is 0 Å². The summed E-state index contributed by atoms with van der Waals surface area (Å²) in [6.45, 7) is 12.8. The third kappa shape index (κ3) is 10.6. The Kier molecular flexibility index (Phi) is 13.7. The van der Waals surface area contributed by atoms with Gasteiger partial charge in [0.15, 0.2) is 0 Å². The maximum absolute atomic E-state index is 9.04. The molecule has 84 valence electrons. The Morgan fingerprint density at radius 3 is 2.60 bits per heavy atom. The largest absolute Gasteiger partial charge is 0.379 e. The van der Waals surface area contributed by atoms with E-state index in [1.54, 1.807) is 0 Å². The zero-order chi connectivity index (χ0) is 12.1. The number of aliphatic hydroxyl groups excluding tert-OH is 1. The van der Waals surface area contributed by atoms with Crippen LogP contribution in [0.1, 0.15) is 13.3 Å². The topological polar surface area (TPSA) is 32.3 Å². The van der Waals surface area contributed by atoms with Crippen molar-refractivity contribution in [2.75, 3.05) is 13.1 Å². The first kappa shape index (κ1) is 16.1. The summed E-state index contributed by atoms with van der Waals surface area (Å²) < 4.78 is 0. The minimum absolute atomic E-state index is 0.435. The van der Waals surface area contributed by atoms with E-state index in [9.17, 15) is 0 Å². The van der Waals surface area contributed by atoms with Gasteiger partial charge in [-0.1, -0.05) is 23.6 Å². The molecule has 0 radical (unpaired) electrons. The highest BCUT2D eigenvalue weighted by atomic mass is 16.3. The third-order valence-electron chi connectivity index (χ3n) is 1.70. The average Bonchev–Trinajstić information content (AvgIpc) is 2.30. The van der Waals surface area contributed by atoms with Crippen LogP contribution in [0.25, 0.3) is 0 Å². The Balaban J connectivity index is 0. The Morgan fingerprint density at radius 1 is 1.60 bits per heavy atom. The van der Waals surface area contributed by atoms with Gasteiger partial charge in [0.05, 0.1) is 0 Å². The monoisotopic (exact) mass is 207 g/mol. The standard InChI is InChI=1S/C11H17NO.C2H4/c1-4-7-10(5-2)8-12-9-11(13)6-3;1-2/h3-5,11-13H,1,7-9H2,2H3;1-2H2/b10-5+;. The Bertz CT molecular complexity index is 225. The van der Waals surface area contributed by atoms with Crippen LogP contribution in [0.5, 0.6) is 0 Å². The smallest absolute Gasteiger partial charge is 0.126 e. The van der Waals surface area contributed by atoms with Crippen molar-refractivity contribution >= 4 is 0 Å². The highest BCUT2D eigenvalue weighted by Gasteiger charge is 1.98. The number of rotatable bonds is 6. The van der Waals surface area contributed by atoms with Gasteiger partial charge in [0, 0.05) is 13.1 Å². The lowest BCUT2D eigenvalue weighted by Gasteiger charge is -2.07. The zero-order valence-electron chi connectivity index (χ0n) is 9.50. The fourth-order valence-corrected chi connectivity index (χ4v) is 0.906. The van der Waals surface area contributed by atoms with Crippen molar-refractivity contribution in [2.24, 2.45) is 0 Å². The summed E-state index contributed by atoms with van der Waals surface area (Å²) in [5.74, 6) is 2.24. The number of nitrogens with one attached hydrogen (secondary N) is 1. The first-order valence-corrected chi connectivity index (χ1v) is 4.84. The molecule has 0 amide bonds. The van der Waals surface area contributed by atoms with Crippen molar-refractivity contribution in [2.45, 2.75) is 19.4 Å². The molecule has 0 saturated carbocycles. The van der Waals surface area contributed by atoms with Crippen LogP contribution in [-0.2, 0) is 0 Å². The fraction of sp³-hybridized carbons (Fsp3) is 0.385. The van der Waals surface area contributed by atoms with Gasteiger partial charge < -0.3 is 10.4 Å². The van der Waals surface area contributed by atoms with Crippen LogP contribution in [-0.4, -0.2) is 24.3 Å². The zero-order valence-corrected chi connectivity index (χ0v) is 9.50. The minimum Gasteiger partial charge on any atom is -0.379 e. The van der Waals surface area contributed by atoms with Gasteiger partial charge in [-0.15, -0.1) is 26.2 Å². The third-order valence-corrected chi connectivity index (χ3v) is 1.70. The van der Waals surface area contributed by atoms with Crippen molar-refractivity contribution in [3.63, 3.8) is 0 Å². The molecule has 0 bridgehead atoms. The molecule has 0 saturated heterocycles. The molecule has 2 N–H and O–H groups in total. The molecule has 0 aromatic heterocycles. The lowest BCUT2D eigenvalue weighted by Crippen LogP contribution is -2.27. The van der Waals surface area contributed by atoms with E-state index in [1.807, 2.05) is 19.1 Å². The van der Waals surface area contributed by atoms with E-state index in [-0.39, 0.29) is 0 Å². The highest BCUT2D eigenvalue weighted by Crippen LogP contribution is 1.99. The van der Waals surface area contributed by atoms with Gasteiger partial charge in [0.2, 0.25) is 0 Å². The van der Waals surface area contributed by atoms with Crippen LogP contribution in [0.3, 0.4) is 0 Å². The van der Waals surface area contributed by atoms with E-state index < -0.39 is 6.10 Å². The van der Waals surface area contributed by atoms with Crippen LogP contribution in [0.4, 0.5) is 0 Å². The van der Waals surface area contributed by atoms with Crippen molar-refractivity contribution < 1.29 is 5.11 Å². The van der Waals surface area contributed by atoms with Crippen LogP contribution in [0, 0.1) is 12.3 Å². The normalized spacial score (nSPS) is 11.9. The molecular formula is C13H21NO. The van der Waals surface area contributed by atoms with E-state index in [2.05, 4.69) is 31.0 Å². The molecular weight excluding hydrogens is 186 g/mol. The lowest BCUT2D eigenvalue weighted by atomic mass is 10.2. The molecule has 0 rings (SSSR count). The summed E-state index contributed by atoms with van der Waals surface area (Å²) in [6.07, 6.45) is 9.08. The Morgan fingerprint density at radius 2 is 2.20 bits per heavy atom. The van der Waals surface area contributed by atoms with E-state index in [0.717, 1.165) is 13.0 Å². The van der Waals surface area contributed by atoms with Crippen molar-refractivity contribution in [3.8, 4) is 12.3 Å². The minimum atomic E-state index is -0.693. The Hall–Kier alpha value is -1.30. The van der Waals surface area contributed by atoms with E-state index in [4.69, 9.17) is 11.5 Å². The quantitative estimate of drug-likeness (QED) is 0.515. The maximum atomic E-state index is 9.04. The molecule has 0 fully saturated rings. The highest BCUT2D eigenvalue weighted by molar-refractivity contribution is 5.07. The molecule has 0 aromatic carbocycles. The molecule has 15 heavy (non-hydrogen) atoms. The molecule has 1 atom stereocenters. The predicted octanol–water partition coefficient (Wildman–Crippen LogP) is 1.89. The molecule has 0 aliphatic rings. The predicted molar refractivity (Wildman–Crippen MR) is 67.5 cm³/mol.